The number of nitrogens with one attached hydrogen (secondary N) is 2. The molecule has 26 heavy (non-hydrogen) atoms. The van der Waals surface area contributed by atoms with E-state index in [1.54, 1.807) is 0 Å². The summed E-state index contributed by atoms with van der Waals surface area (Å²) in [6.45, 7) is 13.1. The Morgan fingerprint density at radius 3 is 1.31 bits per heavy atom. The second-order valence-corrected chi connectivity index (χ2v) is 6.50. The van der Waals surface area contributed by atoms with Crippen molar-refractivity contribution in [3.63, 3.8) is 0 Å². The van der Waals surface area contributed by atoms with Crippen molar-refractivity contribution in [1.82, 2.24) is 0 Å². The zero-order chi connectivity index (χ0) is 18.8. The lowest BCUT2D eigenvalue weighted by atomic mass is 10.2. The summed E-state index contributed by atoms with van der Waals surface area (Å²) in [4.78, 5) is 4.79. The van der Waals surface area contributed by atoms with Crippen LogP contribution in [0, 0.1) is 0 Å². The molecule has 0 spiro atoms. The van der Waals surface area contributed by atoms with Gasteiger partial charge in [0.1, 0.15) is 0 Å². The molecule has 0 saturated heterocycles. The Hall–Kier alpha value is -2.36. The van der Waals surface area contributed by atoms with E-state index in [-0.39, 0.29) is 0 Å². The molecule has 142 valence electrons. The second kappa shape index (κ2) is 10.6. The first-order chi connectivity index (χ1) is 12.7. The summed E-state index contributed by atoms with van der Waals surface area (Å²) >= 11 is 0. The average Bonchev–Trinajstić information content (AvgIpc) is 2.68. The first-order valence-corrected chi connectivity index (χ1v) is 9.93. The molecule has 0 amide bonds. The summed E-state index contributed by atoms with van der Waals surface area (Å²) in [5, 5.41) is 0. The van der Waals surface area contributed by atoms with Crippen molar-refractivity contribution in [2.45, 2.75) is 40.5 Å². The van der Waals surface area contributed by atoms with E-state index in [0.29, 0.717) is 0 Å². The van der Waals surface area contributed by atoms with E-state index in [1.165, 1.54) is 24.2 Å². The lowest BCUT2D eigenvalue weighted by Gasteiger charge is -2.24. The Kier molecular flexibility index (Phi) is 8.13. The van der Waals surface area contributed by atoms with E-state index >= 15 is 0 Å². The van der Waals surface area contributed by atoms with Crippen LogP contribution in [0.2, 0.25) is 0 Å². The number of nitrogens with zero attached hydrogens (tertiary/aromatic N) is 2. The summed E-state index contributed by atoms with van der Waals surface area (Å²) in [5.74, 6) is 0. The third-order valence-electron chi connectivity index (χ3n) is 4.57. The molecule has 4 heteroatoms. The van der Waals surface area contributed by atoms with E-state index in [9.17, 15) is 0 Å². The van der Waals surface area contributed by atoms with Gasteiger partial charge in [-0.15, -0.1) is 0 Å². The summed E-state index contributed by atoms with van der Waals surface area (Å²) in [6, 6.07) is 17.2. The molecule has 0 bridgehead atoms. The molecule has 0 aromatic heterocycles. The van der Waals surface area contributed by atoms with Gasteiger partial charge >= 0.3 is 0 Å². The van der Waals surface area contributed by atoms with Gasteiger partial charge in [-0.2, -0.15) is 0 Å². The number of anilines is 4. The lowest BCUT2D eigenvalue weighted by Crippen LogP contribution is -2.24. The number of hydrogen-bond acceptors (Lipinski definition) is 4. The molecule has 0 aliphatic carbocycles. The van der Waals surface area contributed by atoms with Crippen LogP contribution >= 0.6 is 0 Å². The first kappa shape index (κ1) is 20.0. The van der Waals surface area contributed by atoms with Gasteiger partial charge in [0.25, 0.3) is 0 Å². The third kappa shape index (κ3) is 5.58. The van der Waals surface area contributed by atoms with Crippen LogP contribution in [0.25, 0.3) is 0 Å². The Labute approximate surface area is 159 Å². The van der Waals surface area contributed by atoms with Gasteiger partial charge in [-0.05, 0) is 75.2 Å². The molecule has 0 aliphatic rings. The van der Waals surface area contributed by atoms with Gasteiger partial charge in [-0.25, -0.2) is 0 Å². The number of rotatable bonds is 11. The molecule has 0 heterocycles. The van der Waals surface area contributed by atoms with E-state index in [4.69, 9.17) is 0 Å². The number of hydrogen-bond donors (Lipinski definition) is 2. The Morgan fingerprint density at radius 2 is 0.962 bits per heavy atom. The molecule has 0 unspecified atom stereocenters. The van der Waals surface area contributed by atoms with E-state index < -0.39 is 0 Å². The van der Waals surface area contributed by atoms with Crippen molar-refractivity contribution in [3.8, 4) is 0 Å². The van der Waals surface area contributed by atoms with Crippen LogP contribution in [0.5, 0.6) is 0 Å². The number of benzene rings is 2. The highest BCUT2D eigenvalue weighted by Crippen LogP contribution is 2.20. The molecular weight excluding hydrogens is 320 g/mol. The zero-order valence-electron chi connectivity index (χ0n) is 16.8. The fraction of sp³-hybridized carbons (Fsp3) is 0.455. The van der Waals surface area contributed by atoms with Crippen molar-refractivity contribution in [1.29, 1.82) is 0 Å². The molecule has 4 nitrogen and oxygen atoms in total. The van der Waals surface area contributed by atoms with Crippen LogP contribution in [0.15, 0.2) is 48.5 Å². The van der Waals surface area contributed by atoms with Crippen LogP contribution in [0.1, 0.15) is 40.5 Å². The smallest absolute Gasteiger partial charge is 0.0541 e. The molecule has 0 saturated carbocycles. The predicted molar refractivity (Wildman–Crippen MR) is 116 cm³/mol. The quantitative estimate of drug-likeness (QED) is 0.514. The zero-order valence-corrected chi connectivity index (χ0v) is 16.8. The largest absolute Gasteiger partial charge is 0.372 e. The Balaban J connectivity index is 1.93. The van der Waals surface area contributed by atoms with Gasteiger partial charge in [0.05, 0.1) is 11.4 Å². The topological polar surface area (TPSA) is 30.5 Å². The van der Waals surface area contributed by atoms with Crippen LogP contribution in [-0.4, -0.2) is 26.2 Å². The molecule has 0 atom stereocenters. The minimum absolute atomic E-state index is 1.03. The summed E-state index contributed by atoms with van der Waals surface area (Å²) in [7, 11) is 0. The Morgan fingerprint density at radius 1 is 0.577 bits per heavy atom. The van der Waals surface area contributed by atoms with Crippen LogP contribution in [0.3, 0.4) is 0 Å². The minimum atomic E-state index is 1.03. The highest BCUT2D eigenvalue weighted by atomic mass is 15.4. The maximum Gasteiger partial charge on any atom is 0.0541 e. The van der Waals surface area contributed by atoms with Gasteiger partial charge in [0, 0.05) is 37.6 Å². The molecule has 2 aromatic rings. The van der Waals surface area contributed by atoms with E-state index in [0.717, 1.165) is 37.6 Å². The van der Waals surface area contributed by atoms with Crippen molar-refractivity contribution >= 4 is 22.7 Å². The summed E-state index contributed by atoms with van der Waals surface area (Å²) in [6.07, 6.45) is 2.34. The predicted octanol–water partition coefficient (Wildman–Crippen LogP) is 5.60. The first-order valence-electron chi connectivity index (χ1n) is 9.93. The lowest BCUT2D eigenvalue weighted by molar-refractivity contribution is 0.745. The molecule has 0 aliphatic heterocycles. The minimum Gasteiger partial charge on any atom is -0.372 e. The fourth-order valence-electron chi connectivity index (χ4n) is 3.15. The maximum absolute atomic E-state index is 3.29. The van der Waals surface area contributed by atoms with E-state index in [2.05, 4.69) is 96.9 Å². The monoisotopic (exact) mass is 354 g/mol. The van der Waals surface area contributed by atoms with Crippen molar-refractivity contribution in [3.05, 3.63) is 48.5 Å². The van der Waals surface area contributed by atoms with Crippen molar-refractivity contribution in [2.24, 2.45) is 0 Å². The second-order valence-electron chi connectivity index (χ2n) is 6.50. The summed E-state index contributed by atoms with van der Waals surface area (Å²) in [5.41, 5.74) is 11.2. The standard InChI is InChI=1S/C22H34N4/c1-5-17-26(18-6-2)22-15-11-20(12-16-22)24-23-19-9-13-21(14-10-19)25(7-3)8-4/h9-16,23-24H,5-8,17-18H2,1-4H3. The highest BCUT2D eigenvalue weighted by Gasteiger charge is 2.04. The van der Waals surface area contributed by atoms with Gasteiger partial charge < -0.3 is 20.7 Å². The van der Waals surface area contributed by atoms with Gasteiger partial charge in [0.2, 0.25) is 0 Å². The normalized spacial score (nSPS) is 10.5. The average molecular weight is 355 g/mol. The summed E-state index contributed by atoms with van der Waals surface area (Å²) < 4.78 is 0. The number of hydrazine groups is 1. The molecule has 0 radical (unpaired) electrons. The molecule has 2 aromatic carbocycles. The van der Waals surface area contributed by atoms with Crippen molar-refractivity contribution < 1.29 is 0 Å². The third-order valence-corrected chi connectivity index (χ3v) is 4.57. The van der Waals surface area contributed by atoms with Crippen LogP contribution < -0.4 is 20.7 Å². The molecule has 0 fully saturated rings. The maximum atomic E-state index is 3.29. The molecule has 2 N–H and O–H groups in total. The van der Waals surface area contributed by atoms with Crippen LogP contribution in [-0.2, 0) is 0 Å². The van der Waals surface area contributed by atoms with Gasteiger partial charge in [-0.3, -0.25) is 0 Å². The SMILES string of the molecule is CCCN(CCC)c1ccc(NNc2ccc(N(CC)CC)cc2)cc1. The molecular formula is C22H34N4. The Bertz CT molecular complexity index is 612. The highest BCUT2D eigenvalue weighted by molar-refractivity contribution is 5.60. The fourth-order valence-corrected chi connectivity index (χ4v) is 3.15. The van der Waals surface area contributed by atoms with Gasteiger partial charge in [-0.1, -0.05) is 13.8 Å². The van der Waals surface area contributed by atoms with E-state index in [1.807, 2.05) is 0 Å². The van der Waals surface area contributed by atoms with Crippen molar-refractivity contribution in [2.75, 3.05) is 46.8 Å². The van der Waals surface area contributed by atoms with Gasteiger partial charge in [0.15, 0.2) is 0 Å². The molecule has 2 rings (SSSR count). The van der Waals surface area contributed by atoms with Crippen LogP contribution in [0.4, 0.5) is 22.7 Å².